The minimum atomic E-state index is -1.17. The summed E-state index contributed by atoms with van der Waals surface area (Å²) >= 11 is 1.68. The van der Waals surface area contributed by atoms with E-state index in [0.717, 1.165) is 22.8 Å². The molecular weight excluding hydrogens is 290 g/mol. The van der Waals surface area contributed by atoms with Gasteiger partial charge in [0.2, 0.25) is 0 Å². The van der Waals surface area contributed by atoms with Crippen LogP contribution in [0.2, 0.25) is 0 Å². The molecule has 1 atom stereocenters. The van der Waals surface area contributed by atoms with E-state index in [1.165, 1.54) is 4.88 Å². The van der Waals surface area contributed by atoms with Crippen molar-refractivity contribution in [1.29, 1.82) is 0 Å². The number of amides is 1. The second-order valence-electron chi connectivity index (χ2n) is 4.66. The Morgan fingerprint density at radius 3 is 2.33 bits per heavy atom. The first kappa shape index (κ1) is 15.1. The van der Waals surface area contributed by atoms with E-state index >= 15 is 0 Å². The third kappa shape index (κ3) is 3.43. The van der Waals surface area contributed by atoms with Gasteiger partial charge in [-0.2, -0.15) is 0 Å². The van der Waals surface area contributed by atoms with Crippen LogP contribution in [0.25, 0.3) is 0 Å². The second kappa shape index (κ2) is 6.01. The first-order chi connectivity index (χ1) is 9.88. The van der Waals surface area contributed by atoms with Crippen LogP contribution in [0.1, 0.15) is 49.3 Å². The Balaban J connectivity index is 2.10. The van der Waals surface area contributed by atoms with E-state index in [-0.39, 0.29) is 23.3 Å². The molecule has 0 fully saturated rings. The van der Waals surface area contributed by atoms with Gasteiger partial charge in [0.15, 0.2) is 5.69 Å². The van der Waals surface area contributed by atoms with Gasteiger partial charge in [-0.15, -0.1) is 11.3 Å². The van der Waals surface area contributed by atoms with Crippen molar-refractivity contribution in [3.05, 3.63) is 45.2 Å². The number of aromatic nitrogens is 2. The molecule has 1 amide bonds. The summed E-state index contributed by atoms with van der Waals surface area (Å²) in [5.41, 5.74) is 0.973. The number of carbonyl (C=O) groups excluding carboxylic acids is 1. The largest absolute Gasteiger partial charge is 0.476 e. The highest BCUT2D eigenvalue weighted by atomic mass is 32.1. The minimum absolute atomic E-state index is 0.0939. The molecule has 0 aliphatic heterocycles. The summed E-state index contributed by atoms with van der Waals surface area (Å²) in [6.07, 6.45) is 2.24. The number of hydrogen-bond acceptors (Lipinski definition) is 5. The van der Waals surface area contributed by atoms with Gasteiger partial charge in [0.1, 0.15) is 5.69 Å². The minimum Gasteiger partial charge on any atom is -0.476 e. The van der Waals surface area contributed by atoms with Gasteiger partial charge < -0.3 is 10.4 Å². The van der Waals surface area contributed by atoms with Gasteiger partial charge in [-0.05, 0) is 32.4 Å². The summed E-state index contributed by atoms with van der Waals surface area (Å²) in [7, 11) is 0. The van der Waals surface area contributed by atoms with Crippen molar-refractivity contribution in [2.75, 3.05) is 0 Å². The van der Waals surface area contributed by atoms with Crippen LogP contribution in [0.4, 0.5) is 0 Å². The molecule has 6 nitrogen and oxygen atoms in total. The first-order valence-electron chi connectivity index (χ1n) is 6.31. The molecule has 0 saturated carbocycles. The van der Waals surface area contributed by atoms with Crippen LogP contribution in [0.5, 0.6) is 0 Å². The lowest BCUT2D eigenvalue weighted by atomic mass is 10.1. The second-order valence-corrected chi connectivity index (χ2v) is 6.12. The van der Waals surface area contributed by atoms with E-state index in [1.807, 2.05) is 26.8 Å². The maximum absolute atomic E-state index is 12.1. The molecule has 7 heteroatoms. The predicted octanol–water partition coefficient (Wildman–Crippen LogP) is 2.34. The van der Waals surface area contributed by atoms with E-state index in [4.69, 9.17) is 5.11 Å². The van der Waals surface area contributed by atoms with Crippen molar-refractivity contribution in [3.63, 3.8) is 0 Å². The Morgan fingerprint density at radius 2 is 1.86 bits per heavy atom. The maximum atomic E-state index is 12.1. The van der Waals surface area contributed by atoms with Crippen LogP contribution in [-0.2, 0) is 0 Å². The fraction of sp³-hybridized carbons (Fsp3) is 0.286. The van der Waals surface area contributed by atoms with Crippen molar-refractivity contribution in [1.82, 2.24) is 15.3 Å². The number of nitrogens with one attached hydrogen (secondary N) is 1. The molecule has 2 rings (SSSR count). The van der Waals surface area contributed by atoms with E-state index in [9.17, 15) is 9.59 Å². The molecular formula is C14H15N3O3S. The van der Waals surface area contributed by atoms with Crippen molar-refractivity contribution < 1.29 is 14.7 Å². The summed E-state index contributed by atoms with van der Waals surface area (Å²) in [6, 6.07) is 1.90. The Kier molecular flexibility index (Phi) is 4.32. The van der Waals surface area contributed by atoms with Gasteiger partial charge in [0, 0.05) is 9.75 Å². The lowest BCUT2D eigenvalue weighted by molar-refractivity contribution is 0.0689. The summed E-state index contributed by atoms with van der Waals surface area (Å²) in [5, 5.41) is 11.6. The fourth-order valence-electron chi connectivity index (χ4n) is 1.98. The molecule has 2 N–H and O–H groups in total. The number of hydrogen-bond donors (Lipinski definition) is 2. The quantitative estimate of drug-likeness (QED) is 0.904. The van der Waals surface area contributed by atoms with Crippen LogP contribution >= 0.6 is 11.3 Å². The average molecular weight is 305 g/mol. The number of carbonyl (C=O) groups is 2. The van der Waals surface area contributed by atoms with E-state index in [1.54, 1.807) is 11.3 Å². The third-order valence-electron chi connectivity index (χ3n) is 3.00. The first-order valence-corrected chi connectivity index (χ1v) is 7.13. The molecule has 0 saturated heterocycles. The number of carboxylic acid groups (broad SMARTS) is 1. The summed E-state index contributed by atoms with van der Waals surface area (Å²) in [6.45, 7) is 5.92. The van der Waals surface area contributed by atoms with Gasteiger partial charge in [0.05, 0.1) is 18.4 Å². The van der Waals surface area contributed by atoms with Crippen LogP contribution < -0.4 is 5.32 Å². The molecule has 0 radical (unpaired) electrons. The number of aromatic carboxylic acids is 1. The van der Waals surface area contributed by atoms with Gasteiger partial charge in [-0.25, -0.2) is 14.8 Å². The van der Waals surface area contributed by atoms with Crippen molar-refractivity contribution >= 4 is 23.2 Å². The number of thiophene rings is 1. The van der Waals surface area contributed by atoms with Crippen molar-refractivity contribution in [2.24, 2.45) is 0 Å². The Hall–Kier alpha value is -2.28. The molecule has 110 valence electrons. The zero-order valence-electron chi connectivity index (χ0n) is 11.9. The monoisotopic (exact) mass is 305 g/mol. The Morgan fingerprint density at radius 1 is 1.24 bits per heavy atom. The molecule has 0 bridgehead atoms. The van der Waals surface area contributed by atoms with Crippen LogP contribution in [-0.4, -0.2) is 27.0 Å². The lowest BCUT2D eigenvalue weighted by Crippen LogP contribution is -2.27. The predicted molar refractivity (Wildman–Crippen MR) is 78.7 cm³/mol. The molecule has 0 aliphatic carbocycles. The highest BCUT2D eigenvalue weighted by Crippen LogP contribution is 2.26. The molecule has 21 heavy (non-hydrogen) atoms. The maximum Gasteiger partial charge on any atom is 0.356 e. The molecule has 0 aromatic carbocycles. The van der Waals surface area contributed by atoms with Gasteiger partial charge in [-0.3, -0.25) is 4.79 Å². The summed E-state index contributed by atoms with van der Waals surface area (Å²) < 4.78 is 0. The number of aryl methyl sites for hydroxylation is 2. The zero-order valence-corrected chi connectivity index (χ0v) is 12.7. The van der Waals surface area contributed by atoms with Gasteiger partial charge in [0.25, 0.3) is 5.91 Å². The van der Waals surface area contributed by atoms with Gasteiger partial charge in [-0.1, -0.05) is 0 Å². The number of carboxylic acids is 1. The number of nitrogens with zero attached hydrogens (tertiary/aromatic N) is 2. The SMILES string of the molecule is Cc1cc(C(C)NC(=O)c2cnc(C(=O)O)cn2)c(C)s1. The van der Waals surface area contributed by atoms with Crippen molar-refractivity contribution in [2.45, 2.75) is 26.8 Å². The molecule has 0 spiro atoms. The molecule has 0 aliphatic rings. The standard InChI is InChI=1S/C14H15N3O3S/c1-7-4-10(9(3)21-7)8(2)17-13(18)11-5-16-12(6-15-11)14(19)20/h4-6,8H,1-3H3,(H,17,18)(H,19,20). The third-order valence-corrected chi connectivity index (χ3v) is 3.98. The molecule has 2 aromatic heterocycles. The van der Waals surface area contributed by atoms with Crippen LogP contribution in [0.15, 0.2) is 18.5 Å². The summed E-state index contributed by atoms with van der Waals surface area (Å²) in [4.78, 5) is 32.6. The Bertz CT molecular complexity index is 679. The Labute approximate surface area is 125 Å². The van der Waals surface area contributed by atoms with E-state index in [2.05, 4.69) is 15.3 Å². The van der Waals surface area contributed by atoms with Crippen molar-refractivity contribution in [3.8, 4) is 0 Å². The fourth-order valence-corrected chi connectivity index (χ4v) is 3.01. The van der Waals surface area contributed by atoms with Crippen LogP contribution in [0.3, 0.4) is 0 Å². The normalized spacial score (nSPS) is 12.0. The zero-order chi connectivity index (χ0) is 15.6. The average Bonchev–Trinajstić information content (AvgIpc) is 2.77. The van der Waals surface area contributed by atoms with E-state index in [0.29, 0.717) is 0 Å². The topological polar surface area (TPSA) is 92.2 Å². The lowest BCUT2D eigenvalue weighted by Gasteiger charge is -2.13. The van der Waals surface area contributed by atoms with Gasteiger partial charge >= 0.3 is 5.97 Å². The number of rotatable bonds is 4. The molecule has 2 aromatic rings. The highest BCUT2D eigenvalue weighted by Gasteiger charge is 2.16. The molecule has 1 unspecified atom stereocenters. The highest BCUT2D eigenvalue weighted by molar-refractivity contribution is 7.12. The smallest absolute Gasteiger partial charge is 0.356 e. The van der Waals surface area contributed by atoms with Crippen LogP contribution in [0, 0.1) is 13.8 Å². The summed E-state index contributed by atoms with van der Waals surface area (Å²) in [5.74, 6) is -1.55. The van der Waals surface area contributed by atoms with E-state index < -0.39 is 5.97 Å². The molecule has 2 heterocycles.